The lowest BCUT2D eigenvalue weighted by Crippen LogP contribution is -2.30. The Morgan fingerprint density at radius 1 is 1.67 bits per heavy atom. The minimum absolute atomic E-state index is 0.0824. The van der Waals surface area contributed by atoms with Gasteiger partial charge in [0.05, 0.1) is 12.7 Å². The highest BCUT2D eigenvalue weighted by atomic mass is 19.3. The van der Waals surface area contributed by atoms with E-state index < -0.39 is 18.3 Å². The van der Waals surface area contributed by atoms with E-state index in [0.29, 0.717) is 0 Å². The van der Waals surface area contributed by atoms with Crippen molar-refractivity contribution in [3.05, 3.63) is 0 Å². The molecule has 0 radical (unpaired) electrons. The van der Waals surface area contributed by atoms with Crippen molar-refractivity contribution in [2.24, 2.45) is 0 Å². The monoisotopic (exact) mass is 177 g/mol. The van der Waals surface area contributed by atoms with Crippen LogP contribution in [0.4, 0.5) is 8.78 Å². The van der Waals surface area contributed by atoms with Crippen molar-refractivity contribution in [3.8, 4) is 6.07 Å². The van der Waals surface area contributed by atoms with Gasteiger partial charge in [-0.05, 0) is 6.92 Å². The molecule has 0 spiro atoms. The quantitative estimate of drug-likeness (QED) is 0.611. The summed E-state index contributed by atoms with van der Waals surface area (Å²) in [5.41, 5.74) is 0. The van der Waals surface area contributed by atoms with E-state index in [1.54, 1.807) is 0 Å². The van der Waals surface area contributed by atoms with E-state index in [9.17, 15) is 13.6 Å². The molecule has 0 N–H and O–H groups in total. The van der Waals surface area contributed by atoms with Crippen LogP contribution in [0.3, 0.4) is 0 Å². The maximum atomic E-state index is 12.6. The van der Waals surface area contributed by atoms with Crippen LogP contribution >= 0.6 is 0 Å². The molecule has 3 nitrogen and oxygen atoms in total. The lowest BCUT2D eigenvalue weighted by molar-refractivity contribution is -0.172. The SMILES string of the molecule is CCOC(=O)C(F)(F)CCC#N. The molecule has 0 atom stereocenters. The first-order valence-electron chi connectivity index (χ1n) is 3.46. The molecular formula is C7H9F2NO2. The van der Waals surface area contributed by atoms with Crippen LogP contribution in [0.25, 0.3) is 0 Å². The van der Waals surface area contributed by atoms with Crippen molar-refractivity contribution in [3.63, 3.8) is 0 Å². The zero-order valence-corrected chi connectivity index (χ0v) is 6.64. The molecule has 68 valence electrons. The number of carbonyl (C=O) groups is 1. The van der Waals surface area contributed by atoms with Gasteiger partial charge < -0.3 is 4.74 Å². The summed E-state index contributed by atoms with van der Waals surface area (Å²) in [6.07, 6.45) is -1.13. The van der Waals surface area contributed by atoms with Gasteiger partial charge in [-0.25, -0.2) is 4.79 Å². The molecule has 0 fully saturated rings. The number of hydrogen-bond acceptors (Lipinski definition) is 3. The average Bonchev–Trinajstić information content (AvgIpc) is 2.01. The number of halogens is 2. The van der Waals surface area contributed by atoms with Crippen LogP contribution in [-0.2, 0) is 9.53 Å². The number of ether oxygens (including phenoxy) is 1. The summed E-state index contributed by atoms with van der Waals surface area (Å²) in [6.45, 7) is 1.36. The number of esters is 1. The molecule has 12 heavy (non-hydrogen) atoms. The maximum Gasteiger partial charge on any atom is 0.377 e. The molecule has 0 aliphatic heterocycles. The summed E-state index contributed by atoms with van der Waals surface area (Å²) >= 11 is 0. The minimum atomic E-state index is -3.52. The fourth-order valence-electron chi connectivity index (χ4n) is 0.552. The van der Waals surface area contributed by atoms with Crippen LogP contribution in [0.1, 0.15) is 19.8 Å². The molecule has 0 unspecified atom stereocenters. The first-order valence-corrected chi connectivity index (χ1v) is 3.46. The van der Waals surface area contributed by atoms with Gasteiger partial charge in [-0.2, -0.15) is 14.0 Å². The Bertz CT molecular complexity index is 198. The molecule has 0 aromatic carbocycles. The number of carbonyl (C=O) groups excluding carboxylic acids is 1. The zero-order chi connectivity index (χ0) is 9.61. The third-order valence-electron chi connectivity index (χ3n) is 1.12. The highest BCUT2D eigenvalue weighted by molar-refractivity contribution is 5.77. The van der Waals surface area contributed by atoms with E-state index in [-0.39, 0.29) is 13.0 Å². The van der Waals surface area contributed by atoms with E-state index in [1.165, 1.54) is 13.0 Å². The van der Waals surface area contributed by atoms with Gasteiger partial charge in [-0.1, -0.05) is 0 Å². The van der Waals surface area contributed by atoms with Crippen LogP contribution in [-0.4, -0.2) is 18.5 Å². The van der Waals surface area contributed by atoms with E-state index in [1.807, 2.05) is 0 Å². The van der Waals surface area contributed by atoms with Crippen LogP contribution in [0.5, 0.6) is 0 Å². The predicted octanol–water partition coefficient (Wildman–Crippen LogP) is 1.49. The highest BCUT2D eigenvalue weighted by Crippen LogP contribution is 2.21. The molecule has 0 heterocycles. The average molecular weight is 177 g/mol. The van der Waals surface area contributed by atoms with Gasteiger partial charge in [0.2, 0.25) is 0 Å². The predicted molar refractivity (Wildman–Crippen MR) is 36.4 cm³/mol. The second-order valence-corrected chi connectivity index (χ2v) is 2.08. The summed E-state index contributed by atoms with van der Waals surface area (Å²) in [6, 6.07) is 1.53. The Balaban J connectivity index is 4.01. The summed E-state index contributed by atoms with van der Waals surface area (Å²) in [7, 11) is 0. The van der Waals surface area contributed by atoms with Crippen molar-refractivity contribution in [1.29, 1.82) is 5.26 Å². The van der Waals surface area contributed by atoms with Gasteiger partial charge in [-0.3, -0.25) is 0 Å². The lowest BCUT2D eigenvalue weighted by atomic mass is 10.2. The number of hydrogen-bond donors (Lipinski definition) is 0. The van der Waals surface area contributed by atoms with E-state index in [2.05, 4.69) is 4.74 Å². The van der Waals surface area contributed by atoms with E-state index in [0.717, 1.165) is 0 Å². The molecule has 0 aliphatic rings. The molecule has 0 bridgehead atoms. The Labute approximate surface area is 68.9 Å². The smallest absolute Gasteiger partial charge is 0.377 e. The van der Waals surface area contributed by atoms with Crippen molar-refractivity contribution in [2.75, 3.05) is 6.61 Å². The zero-order valence-electron chi connectivity index (χ0n) is 6.64. The summed E-state index contributed by atoms with van der Waals surface area (Å²) < 4.78 is 29.2. The van der Waals surface area contributed by atoms with Crippen LogP contribution in [0.15, 0.2) is 0 Å². The largest absolute Gasteiger partial charge is 0.462 e. The Morgan fingerprint density at radius 3 is 2.67 bits per heavy atom. The fourth-order valence-corrected chi connectivity index (χ4v) is 0.552. The summed E-state index contributed by atoms with van der Waals surface area (Å²) in [5, 5.41) is 8.01. The van der Waals surface area contributed by atoms with Crippen LogP contribution < -0.4 is 0 Å². The Hall–Kier alpha value is -1.18. The molecule has 0 rings (SSSR count). The van der Waals surface area contributed by atoms with Crippen molar-refractivity contribution in [1.82, 2.24) is 0 Å². The molecular weight excluding hydrogens is 168 g/mol. The second-order valence-electron chi connectivity index (χ2n) is 2.08. The normalized spacial score (nSPS) is 10.5. The molecule has 0 aromatic rings. The standard InChI is InChI=1S/C7H9F2NO2/c1-2-12-6(11)7(8,9)4-3-5-10/h2-4H2,1H3. The molecule has 0 amide bonds. The Morgan fingerprint density at radius 2 is 2.25 bits per heavy atom. The molecule has 0 saturated carbocycles. The number of rotatable bonds is 4. The summed E-state index contributed by atoms with van der Waals surface area (Å²) in [5.74, 6) is -5.08. The maximum absolute atomic E-state index is 12.6. The lowest BCUT2D eigenvalue weighted by Gasteiger charge is -2.11. The number of nitrogens with zero attached hydrogens (tertiary/aromatic N) is 1. The second kappa shape index (κ2) is 4.65. The van der Waals surface area contributed by atoms with Gasteiger partial charge in [-0.15, -0.1) is 0 Å². The van der Waals surface area contributed by atoms with E-state index in [4.69, 9.17) is 5.26 Å². The van der Waals surface area contributed by atoms with Crippen molar-refractivity contribution in [2.45, 2.75) is 25.7 Å². The third kappa shape index (κ3) is 3.28. The van der Waals surface area contributed by atoms with Crippen LogP contribution in [0, 0.1) is 11.3 Å². The summed E-state index contributed by atoms with van der Waals surface area (Å²) in [4.78, 5) is 10.5. The van der Waals surface area contributed by atoms with Crippen molar-refractivity contribution < 1.29 is 18.3 Å². The number of nitriles is 1. The van der Waals surface area contributed by atoms with Gasteiger partial charge >= 0.3 is 11.9 Å². The molecule has 0 aliphatic carbocycles. The topological polar surface area (TPSA) is 50.1 Å². The van der Waals surface area contributed by atoms with Gasteiger partial charge in [0.15, 0.2) is 0 Å². The van der Waals surface area contributed by atoms with Gasteiger partial charge in [0.25, 0.3) is 0 Å². The fraction of sp³-hybridized carbons (Fsp3) is 0.714. The van der Waals surface area contributed by atoms with Gasteiger partial charge in [0.1, 0.15) is 0 Å². The first-order chi connectivity index (χ1) is 5.54. The molecule has 0 saturated heterocycles. The minimum Gasteiger partial charge on any atom is -0.462 e. The highest BCUT2D eigenvalue weighted by Gasteiger charge is 2.39. The van der Waals surface area contributed by atoms with Gasteiger partial charge in [0, 0.05) is 12.8 Å². The molecule has 0 aromatic heterocycles. The molecule has 5 heteroatoms. The Kier molecular flexibility index (Phi) is 4.19. The number of alkyl halides is 2. The van der Waals surface area contributed by atoms with Crippen molar-refractivity contribution >= 4 is 5.97 Å². The third-order valence-corrected chi connectivity index (χ3v) is 1.12. The van der Waals surface area contributed by atoms with Crippen LogP contribution in [0.2, 0.25) is 0 Å². The first kappa shape index (κ1) is 10.8. The van der Waals surface area contributed by atoms with E-state index >= 15 is 0 Å².